The van der Waals surface area contributed by atoms with Gasteiger partial charge in [-0.1, -0.05) is 17.7 Å². The summed E-state index contributed by atoms with van der Waals surface area (Å²) in [5.74, 6) is 1.57. The summed E-state index contributed by atoms with van der Waals surface area (Å²) in [7, 11) is 0. The zero-order valence-corrected chi connectivity index (χ0v) is 10.4. The molecule has 0 unspecified atom stereocenters. The molecule has 0 amide bonds. The highest BCUT2D eigenvalue weighted by Gasteiger charge is 2.11. The molecule has 92 valence electrons. The van der Waals surface area contributed by atoms with Crippen molar-refractivity contribution in [1.82, 2.24) is 10.3 Å². The van der Waals surface area contributed by atoms with Gasteiger partial charge in [0.15, 0.2) is 0 Å². The van der Waals surface area contributed by atoms with Gasteiger partial charge in [-0.05, 0) is 17.7 Å². The Morgan fingerprint density at radius 3 is 3.06 bits per heavy atom. The van der Waals surface area contributed by atoms with Crippen molar-refractivity contribution < 1.29 is 4.42 Å². The fourth-order valence-electron chi connectivity index (χ4n) is 1.96. The van der Waals surface area contributed by atoms with Crippen molar-refractivity contribution in [3.8, 4) is 11.5 Å². The molecule has 0 radical (unpaired) electrons. The summed E-state index contributed by atoms with van der Waals surface area (Å²) in [6.07, 6.45) is 3.94. The summed E-state index contributed by atoms with van der Waals surface area (Å²) in [6.45, 7) is 1.78. The van der Waals surface area contributed by atoms with Crippen LogP contribution in [-0.2, 0) is 6.42 Å². The normalized spacial score (nSPS) is 14.4. The molecule has 0 bridgehead atoms. The van der Waals surface area contributed by atoms with Crippen LogP contribution < -0.4 is 5.32 Å². The quantitative estimate of drug-likeness (QED) is 0.924. The Hall–Kier alpha value is -1.81. The topological polar surface area (TPSA) is 50.4 Å². The Morgan fingerprint density at radius 1 is 1.39 bits per heavy atom. The van der Waals surface area contributed by atoms with E-state index in [0.717, 1.165) is 36.5 Å². The molecule has 1 N–H and O–H groups in total. The number of aliphatic imine (C=N–C) groups is 1. The lowest BCUT2D eigenvalue weighted by Crippen LogP contribution is -2.20. The number of nitrogens with zero attached hydrogens (tertiary/aromatic N) is 2. The highest BCUT2D eigenvalue weighted by molar-refractivity contribution is 6.33. The summed E-state index contributed by atoms with van der Waals surface area (Å²) in [6, 6.07) is 5.86. The predicted octanol–water partition coefficient (Wildman–Crippen LogP) is 2.54. The minimum Gasteiger partial charge on any atom is -0.444 e. The van der Waals surface area contributed by atoms with Crippen LogP contribution in [0.5, 0.6) is 0 Å². The van der Waals surface area contributed by atoms with Crippen LogP contribution in [-0.4, -0.2) is 23.9 Å². The number of hydrogen-bond acceptors (Lipinski definition) is 4. The lowest BCUT2D eigenvalue weighted by molar-refractivity contribution is 0.574. The summed E-state index contributed by atoms with van der Waals surface area (Å²) >= 11 is 6.16. The Balaban J connectivity index is 1.90. The number of aromatic nitrogens is 1. The van der Waals surface area contributed by atoms with Gasteiger partial charge < -0.3 is 9.73 Å². The van der Waals surface area contributed by atoms with Crippen molar-refractivity contribution in [3.63, 3.8) is 0 Å². The number of nitrogens with one attached hydrogen (secondary N) is 1. The van der Waals surface area contributed by atoms with Gasteiger partial charge in [-0.2, -0.15) is 0 Å². The summed E-state index contributed by atoms with van der Waals surface area (Å²) < 4.78 is 5.28. The minimum absolute atomic E-state index is 0.545. The molecule has 1 aliphatic heterocycles. The molecular formula is C13H12ClN3O. The molecule has 0 spiro atoms. The second kappa shape index (κ2) is 4.82. The van der Waals surface area contributed by atoms with Crippen LogP contribution in [0.1, 0.15) is 5.56 Å². The number of halogens is 1. The molecule has 0 atom stereocenters. The molecule has 1 aromatic carbocycles. The first-order valence-corrected chi connectivity index (χ1v) is 6.16. The Bertz CT molecular complexity index is 578. The first-order valence-electron chi connectivity index (χ1n) is 5.78. The fourth-order valence-corrected chi connectivity index (χ4v) is 2.16. The number of rotatable bonds is 3. The third-order valence-corrected chi connectivity index (χ3v) is 3.14. The fraction of sp³-hybridized carbons (Fsp3) is 0.231. The standard InChI is InChI=1S/C13H12ClN3O/c14-11-2-1-9(8-12-15-3-4-16-12)7-10(11)13-17-5-6-18-13/h1-2,5-7H,3-4,8H2,(H,15,16). The predicted molar refractivity (Wildman–Crippen MR) is 71.0 cm³/mol. The van der Waals surface area contributed by atoms with Crippen molar-refractivity contribution in [2.75, 3.05) is 13.1 Å². The van der Waals surface area contributed by atoms with E-state index in [0.29, 0.717) is 10.9 Å². The largest absolute Gasteiger partial charge is 0.444 e. The minimum atomic E-state index is 0.545. The lowest BCUT2D eigenvalue weighted by Gasteiger charge is -2.06. The molecule has 2 aromatic rings. The third-order valence-electron chi connectivity index (χ3n) is 2.81. The highest BCUT2D eigenvalue weighted by Crippen LogP contribution is 2.27. The van der Waals surface area contributed by atoms with Crippen LogP contribution in [0.2, 0.25) is 5.02 Å². The molecule has 0 saturated carbocycles. The third kappa shape index (κ3) is 2.24. The van der Waals surface area contributed by atoms with Gasteiger partial charge >= 0.3 is 0 Å². The second-order valence-electron chi connectivity index (χ2n) is 4.08. The lowest BCUT2D eigenvalue weighted by atomic mass is 10.1. The van der Waals surface area contributed by atoms with Gasteiger partial charge in [0.25, 0.3) is 0 Å². The van der Waals surface area contributed by atoms with E-state index in [4.69, 9.17) is 16.0 Å². The SMILES string of the molecule is Clc1ccc(CC2=NCCN2)cc1-c1ncco1. The van der Waals surface area contributed by atoms with E-state index in [-0.39, 0.29) is 0 Å². The van der Waals surface area contributed by atoms with Crippen molar-refractivity contribution in [2.24, 2.45) is 4.99 Å². The smallest absolute Gasteiger partial charge is 0.227 e. The average Bonchev–Trinajstić information content (AvgIpc) is 3.04. The molecule has 0 aliphatic carbocycles. The van der Waals surface area contributed by atoms with E-state index in [9.17, 15) is 0 Å². The zero-order valence-electron chi connectivity index (χ0n) is 9.69. The van der Waals surface area contributed by atoms with Crippen molar-refractivity contribution in [1.29, 1.82) is 0 Å². The van der Waals surface area contributed by atoms with Gasteiger partial charge in [0.05, 0.1) is 23.3 Å². The molecule has 1 aliphatic rings. The van der Waals surface area contributed by atoms with Crippen molar-refractivity contribution in [2.45, 2.75) is 6.42 Å². The molecule has 4 nitrogen and oxygen atoms in total. The summed E-state index contributed by atoms with van der Waals surface area (Å²) in [4.78, 5) is 8.50. The average molecular weight is 262 g/mol. The van der Waals surface area contributed by atoms with E-state index >= 15 is 0 Å². The van der Waals surface area contributed by atoms with Gasteiger partial charge in [0.2, 0.25) is 5.89 Å². The van der Waals surface area contributed by atoms with Gasteiger partial charge in [0.1, 0.15) is 12.1 Å². The van der Waals surface area contributed by atoms with Crippen LogP contribution in [0.15, 0.2) is 40.1 Å². The number of hydrogen-bond donors (Lipinski definition) is 1. The second-order valence-corrected chi connectivity index (χ2v) is 4.49. The van der Waals surface area contributed by atoms with E-state index < -0.39 is 0 Å². The molecule has 1 aromatic heterocycles. The maximum Gasteiger partial charge on any atom is 0.227 e. The van der Waals surface area contributed by atoms with Crippen LogP contribution in [0.25, 0.3) is 11.5 Å². The van der Waals surface area contributed by atoms with Gasteiger partial charge in [-0.25, -0.2) is 4.98 Å². The van der Waals surface area contributed by atoms with Crippen LogP contribution >= 0.6 is 11.6 Å². The maximum absolute atomic E-state index is 6.16. The molecule has 0 saturated heterocycles. The van der Waals surface area contributed by atoms with E-state index in [1.54, 1.807) is 12.5 Å². The highest BCUT2D eigenvalue weighted by atomic mass is 35.5. The Kier molecular flexibility index (Phi) is 3.02. The first-order chi connectivity index (χ1) is 8.83. The summed E-state index contributed by atoms with van der Waals surface area (Å²) in [5, 5.41) is 3.89. The van der Waals surface area contributed by atoms with Crippen molar-refractivity contribution >= 4 is 17.4 Å². The number of benzene rings is 1. The van der Waals surface area contributed by atoms with Gasteiger partial charge in [-0.15, -0.1) is 0 Å². The Morgan fingerprint density at radius 2 is 2.33 bits per heavy atom. The monoisotopic (exact) mass is 261 g/mol. The maximum atomic E-state index is 6.16. The van der Waals surface area contributed by atoms with E-state index in [1.165, 1.54) is 0 Å². The molecule has 2 heterocycles. The van der Waals surface area contributed by atoms with Crippen LogP contribution in [0.4, 0.5) is 0 Å². The van der Waals surface area contributed by atoms with E-state index in [1.807, 2.05) is 18.2 Å². The number of oxazole rings is 1. The zero-order chi connectivity index (χ0) is 12.4. The number of amidine groups is 1. The molecular weight excluding hydrogens is 250 g/mol. The Labute approximate surface area is 110 Å². The molecule has 3 rings (SSSR count). The van der Waals surface area contributed by atoms with E-state index in [2.05, 4.69) is 15.3 Å². The van der Waals surface area contributed by atoms with Gasteiger partial charge in [0, 0.05) is 13.0 Å². The molecule has 18 heavy (non-hydrogen) atoms. The van der Waals surface area contributed by atoms with Crippen molar-refractivity contribution in [3.05, 3.63) is 41.2 Å². The van der Waals surface area contributed by atoms with Gasteiger partial charge in [-0.3, -0.25) is 4.99 Å². The van der Waals surface area contributed by atoms with Crippen LogP contribution in [0, 0.1) is 0 Å². The van der Waals surface area contributed by atoms with Crippen LogP contribution in [0.3, 0.4) is 0 Å². The first kappa shape index (κ1) is 11.3. The molecule has 5 heteroatoms. The summed E-state index contributed by atoms with van der Waals surface area (Å²) in [5.41, 5.74) is 1.96. The molecule has 0 fully saturated rings.